The summed E-state index contributed by atoms with van der Waals surface area (Å²) in [6.07, 6.45) is 0. The molecule has 2 N–H and O–H groups in total. The molecule has 0 spiro atoms. The maximum absolute atomic E-state index is 12.6. The largest absolute Gasteiger partial charge is 0.280 e. The lowest BCUT2D eigenvalue weighted by molar-refractivity contribution is 0.599. The molecule has 3 rings (SSSR count). The van der Waals surface area contributed by atoms with Gasteiger partial charge in [-0.15, -0.1) is 10.2 Å². The molecule has 0 amide bonds. The molecule has 3 aromatic rings. The Morgan fingerprint density at radius 2 is 1.67 bits per heavy atom. The third-order valence-corrected chi connectivity index (χ3v) is 7.53. The normalized spacial score (nSPS) is 11.9. The third-order valence-electron chi connectivity index (χ3n) is 3.51. The average molecular weight is 445 g/mol. The SMILES string of the molecule is Cc1c(Cl)cccc1S(=O)(=O)Nc1ccc(S(=O)(=O)Nc2nncs2)cc1. The lowest BCUT2D eigenvalue weighted by Crippen LogP contribution is -2.15. The number of hydrogen-bond donors (Lipinski definition) is 2. The van der Waals surface area contributed by atoms with Crippen LogP contribution < -0.4 is 9.44 Å². The van der Waals surface area contributed by atoms with Crippen LogP contribution in [0.3, 0.4) is 0 Å². The lowest BCUT2D eigenvalue weighted by Gasteiger charge is -2.12. The van der Waals surface area contributed by atoms with E-state index in [4.69, 9.17) is 11.6 Å². The molecule has 0 aliphatic rings. The molecule has 0 aliphatic heterocycles. The fourth-order valence-corrected chi connectivity index (χ4v) is 5.43. The maximum atomic E-state index is 12.6. The smallest absolute Gasteiger partial charge is 0.263 e. The van der Waals surface area contributed by atoms with Crippen LogP contribution in [0.4, 0.5) is 10.8 Å². The predicted octanol–water partition coefficient (Wildman–Crippen LogP) is 3.10. The van der Waals surface area contributed by atoms with Gasteiger partial charge in [-0.1, -0.05) is 29.0 Å². The molecule has 1 heterocycles. The van der Waals surface area contributed by atoms with E-state index in [0.29, 0.717) is 10.6 Å². The number of benzene rings is 2. The minimum Gasteiger partial charge on any atom is -0.280 e. The Bertz CT molecular complexity index is 1160. The van der Waals surface area contributed by atoms with Crippen LogP contribution in [0, 0.1) is 6.92 Å². The summed E-state index contributed by atoms with van der Waals surface area (Å²) in [5, 5.41) is 7.64. The van der Waals surface area contributed by atoms with Crippen LogP contribution in [-0.4, -0.2) is 27.0 Å². The first-order chi connectivity index (χ1) is 12.7. The molecule has 0 saturated carbocycles. The van der Waals surface area contributed by atoms with Crippen LogP contribution in [-0.2, 0) is 20.0 Å². The molecule has 27 heavy (non-hydrogen) atoms. The van der Waals surface area contributed by atoms with Crippen molar-refractivity contribution >= 4 is 53.8 Å². The van der Waals surface area contributed by atoms with Gasteiger partial charge in [0.2, 0.25) is 5.13 Å². The van der Waals surface area contributed by atoms with Gasteiger partial charge in [0.05, 0.1) is 9.79 Å². The zero-order chi connectivity index (χ0) is 19.7. The van der Waals surface area contributed by atoms with E-state index in [1.807, 2.05) is 0 Å². The highest BCUT2D eigenvalue weighted by atomic mass is 35.5. The summed E-state index contributed by atoms with van der Waals surface area (Å²) >= 11 is 7.02. The molecule has 12 heteroatoms. The highest BCUT2D eigenvalue weighted by Gasteiger charge is 2.20. The standard InChI is InChI=1S/C15H13ClN4O4S3/c1-10-13(16)3-2-4-14(10)27(23,24)19-11-5-7-12(8-6-11)26(21,22)20-15-18-17-9-25-15/h2-9,19H,1H3,(H,18,20). The number of aromatic nitrogens is 2. The van der Waals surface area contributed by atoms with Crippen molar-refractivity contribution in [1.82, 2.24) is 10.2 Å². The van der Waals surface area contributed by atoms with Crippen molar-refractivity contribution in [3.8, 4) is 0 Å². The quantitative estimate of drug-likeness (QED) is 0.603. The molecule has 142 valence electrons. The number of sulfonamides is 2. The van der Waals surface area contributed by atoms with E-state index in [1.165, 1.54) is 35.8 Å². The molecular weight excluding hydrogens is 432 g/mol. The summed E-state index contributed by atoms with van der Waals surface area (Å²) in [6.45, 7) is 1.60. The van der Waals surface area contributed by atoms with Gasteiger partial charge in [0.15, 0.2) is 0 Å². The number of anilines is 2. The molecule has 1 aromatic heterocycles. The van der Waals surface area contributed by atoms with Gasteiger partial charge in [-0.25, -0.2) is 16.8 Å². The first-order valence-electron chi connectivity index (χ1n) is 7.36. The zero-order valence-electron chi connectivity index (χ0n) is 13.7. The number of halogens is 1. The Morgan fingerprint density at radius 3 is 2.30 bits per heavy atom. The topological polar surface area (TPSA) is 118 Å². The van der Waals surface area contributed by atoms with E-state index in [1.54, 1.807) is 19.1 Å². The monoisotopic (exact) mass is 444 g/mol. The summed E-state index contributed by atoms with van der Waals surface area (Å²) in [7, 11) is -7.72. The number of nitrogens with one attached hydrogen (secondary N) is 2. The van der Waals surface area contributed by atoms with Crippen LogP contribution in [0.15, 0.2) is 57.8 Å². The minimum absolute atomic E-state index is 0.0421. The fraction of sp³-hybridized carbons (Fsp3) is 0.0667. The zero-order valence-corrected chi connectivity index (χ0v) is 17.0. The summed E-state index contributed by atoms with van der Waals surface area (Å²) in [5.41, 5.74) is 2.03. The van der Waals surface area contributed by atoms with E-state index in [-0.39, 0.29) is 20.6 Å². The fourth-order valence-electron chi connectivity index (χ4n) is 2.18. The van der Waals surface area contributed by atoms with Crippen molar-refractivity contribution in [3.63, 3.8) is 0 Å². The molecule has 0 fully saturated rings. The second-order valence-corrected chi connectivity index (χ2v) is 9.92. The number of hydrogen-bond acceptors (Lipinski definition) is 7. The van der Waals surface area contributed by atoms with Crippen molar-refractivity contribution in [2.75, 3.05) is 9.44 Å². The predicted molar refractivity (Wildman–Crippen MR) is 104 cm³/mol. The second-order valence-electron chi connectivity index (χ2n) is 5.34. The van der Waals surface area contributed by atoms with Gasteiger partial charge >= 0.3 is 0 Å². The first kappa shape index (κ1) is 19.5. The van der Waals surface area contributed by atoms with Crippen LogP contribution in [0.25, 0.3) is 0 Å². The number of rotatable bonds is 6. The molecule has 0 atom stereocenters. The summed E-state index contributed by atoms with van der Waals surface area (Å²) in [4.78, 5) is 0.00391. The number of nitrogens with zero attached hydrogens (tertiary/aromatic N) is 2. The Morgan fingerprint density at radius 1 is 0.963 bits per heavy atom. The van der Waals surface area contributed by atoms with Gasteiger partial charge in [-0.05, 0) is 48.9 Å². The Labute approximate surface area is 165 Å². The Balaban J connectivity index is 1.82. The van der Waals surface area contributed by atoms with E-state index in [2.05, 4.69) is 19.6 Å². The van der Waals surface area contributed by atoms with Crippen molar-refractivity contribution in [3.05, 3.63) is 58.6 Å². The average Bonchev–Trinajstić information content (AvgIpc) is 3.09. The van der Waals surface area contributed by atoms with E-state index >= 15 is 0 Å². The van der Waals surface area contributed by atoms with Crippen molar-refractivity contribution in [2.45, 2.75) is 16.7 Å². The highest BCUT2D eigenvalue weighted by molar-refractivity contribution is 7.93. The molecule has 2 aromatic carbocycles. The van der Waals surface area contributed by atoms with E-state index in [9.17, 15) is 16.8 Å². The summed E-state index contributed by atoms with van der Waals surface area (Å²) < 4.78 is 54.3. The summed E-state index contributed by atoms with van der Waals surface area (Å²) in [6, 6.07) is 9.85. The van der Waals surface area contributed by atoms with E-state index in [0.717, 1.165) is 11.3 Å². The lowest BCUT2D eigenvalue weighted by atomic mass is 10.2. The van der Waals surface area contributed by atoms with Crippen LogP contribution >= 0.6 is 22.9 Å². The molecular formula is C15H13ClN4O4S3. The molecule has 0 unspecified atom stereocenters. The van der Waals surface area contributed by atoms with Crippen molar-refractivity contribution in [1.29, 1.82) is 0 Å². The third kappa shape index (κ3) is 4.38. The van der Waals surface area contributed by atoms with E-state index < -0.39 is 20.0 Å². The maximum Gasteiger partial charge on any atom is 0.263 e. The van der Waals surface area contributed by atoms with Gasteiger partial charge in [0.25, 0.3) is 20.0 Å². The van der Waals surface area contributed by atoms with Crippen molar-refractivity contribution < 1.29 is 16.8 Å². The van der Waals surface area contributed by atoms with Crippen LogP contribution in [0.5, 0.6) is 0 Å². The highest BCUT2D eigenvalue weighted by Crippen LogP contribution is 2.25. The van der Waals surface area contributed by atoms with Gasteiger partial charge in [0.1, 0.15) is 5.51 Å². The molecule has 0 radical (unpaired) electrons. The van der Waals surface area contributed by atoms with Crippen molar-refractivity contribution in [2.24, 2.45) is 0 Å². The second kappa shape index (κ2) is 7.43. The van der Waals surface area contributed by atoms with Gasteiger partial charge in [-0.2, -0.15) is 0 Å². The molecule has 0 saturated heterocycles. The molecule has 8 nitrogen and oxygen atoms in total. The van der Waals surface area contributed by atoms with Crippen LogP contribution in [0.1, 0.15) is 5.56 Å². The summed E-state index contributed by atoms with van der Waals surface area (Å²) in [5.74, 6) is 0. The molecule has 0 aliphatic carbocycles. The first-order valence-corrected chi connectivity index (χ1v) is 11.6. The molecule has 0 bridgehead atoms. The van der Waals surface area contributed by atoms with Gasteiger partial charge in [-0.3, -0.25) is 9.44 Å². The van der Waals surface area contributed by atoms with Gasteiger partial charge in [0, 0.05) is 10.7 Å². The van der Waals surface area contributed by atoms with Gasteiger partial charge < -0.3 is 0 Å². The minimum atomic E-state index is -3.87. The Kier molecular flexibility index (Phi) is 5.38. The van der Waals surface area contributed by atoms with Crippen LogP contribution in [0.2, 0.25) is 5.02 Å². The Hall–Kier alpha value is -2.21.